The second kappa shape index (κ2) is 4.43. The van der Waals surface area contributed by atoms with E-state index in [9.17, 15) is 0 Å². The van der Waals surface area contributed by atoms with Crippen molar-refractivity contribution < 1.29 is 4.84 Å². The zero-order chi connectivity index (χ0) is 14.6. The molecule has 5 heteroatoms. The molecule has 6 rings (SSSR count). The first-order valence-corrected chi connectivity index (χ1v) is 7.94. The highest BCUT2D eigenvalue weighted by atomic mass is 16.7. The standard InChI is InChI=1S/C17H18N4O/c1-2-12-3-4-13(10-15(12)18-7-1)16-19-17(22-20-16)11-21-8-5-14(17)6-9-21/h1-4,7,10,14H,5-6,8-9,11H2,(H,19,20)/t17-/m0/s1. The summed E-state index contributed by atoms with van der Waals surface area (Å²) in [5.74, 6) is 1.39. The van der Waals surface area contributed by atoms with Gasteiger partial charge in [-0.3, -0.25) is 9.88 Å². The maximum Gasteiger partial charge on any atom is 0.224 e. The third-order valence-corrected chi connectivity index (χ3v) is 5.21. The lowest BCUT2D eigenvalue weighted by molar-refractivity contribution is -0.148. The molecule has 2 aromatic rings. The minimum absolute atomic E-state index is 0.315. The Balaban J connectivity index is 1.46. The number of oxime groups is 1. The first kappa shape index (κ1) is 12.4. The Morgan fingerprint density at radius 2 is 2.14 bits per heavy atom. The van der Waals surface area contributed by atoms with Crippen LogP contribution in [0.25, 0.3) is 10.9 Å². The highest BCUT2D eigenvalue weighted by molar-refractivity contribution is 6.02. The van der Waals surface area contributed by atoms with Crippen LogP contribution in [0.2, 0.25) is 0 Å². The number of piperidine rings is 3. The SMILES string of the molecule is c1cnc2cc(C3=NO[C@]4(CN5CCC4CC5)N3)ccc2c1. The van der Waals surface area contributed by atoms with Gasteiger partial charge in [0.1, 0.15) is 0 Å². The molecule has 112 valence electrons. The third-order valence-electron chi connectivity index (χ3n) is 5.21. The molecule has 1 N–H and O–H groups in total. The molecule has 3 fully saturated rings. The second-order valence-electron chi connectivity index (χ2n) is 6.51. The van der Waals surface area contributed by atoms with Gasteiger partial charge in [-0.15, -0.1) is 0 Å². The summed E-state index contributed by atoms with van der Waals surface area (Å²) in [5, 5.41) is 9.08. The molecule has 0 radical (unpaired) electrons. The van der Waals surface area contributed by atoms with E-state index in [-0.39, 0.29) is 5.72 Å². The first-order valence-electron chi connectivity index (χ1n) is 7.94. The molecule has 3 saturated heterocycles. The predicted octanol–water partition coefficient (Wildman–Crippen LogP) is 1.94. The average molecular weight is 294 g/mol. The van der Waals surface area contributed by atoms with Crippen molar-refractivity contribution in [3.8, 4) is 0 Å². The number of aromatic nitrogens is 1. The lowest BCUT2D eigenvalue weighted by Gasteiger charge is -2.49. The second-order valence-corrected chi connectivity index (χ2v) is 6.51. The number of benzene rings is 1. The molecule has 0 aliphatic carbocycles. The quantitative estimate of drug-likeness (QED) is 0.873. The zero-order valence-corrected chi connectivity index (χ0v) is 12.3. The van der Waals surface area contributed by atoms with Crippen molar-refractivity contribution in [3.63, 3.8) is 0 Å². The summed E-state index contributed by atoms with van der Waals surface area (Å²) >= 11 is 0. The van der Waals surface area contributed by atoms with Gasteiger partial charge in [-0.2, -0.15) is 0 Å². The van der Waals surface area contributed by atoms with E-state index in [0.29, 0.717) is 5.92 Å². The van der Waals surface area contributed by atoms with Gasteiger partial charge in [0.05, 0.1) is 12.1 Å². The molecular weight excluding hydrogens is 276 g/mol. The van der Waals surface area contributed by atoms with Gasteiger partial charge in [-0.1, -0.05) is 23.4 Å². The fourth-order valence-corrected chi connectivity index (χ4v) is 3.98. The molecule has 5 nitrogen and oxygen atoms in total. The summed E-state index contributed by atoms with van der Waals surface area (Å²) < 4.78 is 0. The molecule has 0 saturated carbocycles. The number of nitrogens with one attached hydrogen (secondary N) is 1. The third kappa shape index (κ3) is 1.75. The summed E-state index contributed by atoms with van der Waals surface area (Å²) in [5.41, 5.74) is 1.71. The van der Waals surface area contributed by atoms with Crippen molar-refractivity contribution in [1.82, 2.24) is 15.2 Å². The Hall–Kier alpha value is -2.14. The Morgan fingerprint density at radius 3 is 2.95 bits per heavy atom. The highest BCUT2D eigenvalue weighted by Gasteiger charge is 2.52. The molecule has 22 heavy (non-hydrogen) atoms. The van der Waals surface area contributed by atoms with Crippen LogP contribution in [0.5, 0.6) is 0 Å². The topological polar surface area (TPSA) is 49.8 Å². The van der Waals surface area contributed by atoms with Crippen LogP contribution in [0.1, 0.15) is 18.4 Å². The number of hydrogen-bond donors (Lipinski definition) is 1. The van der Waals surface area contributed by atoms with Crippen molar-refractivity contribution in [2.75, 3.05) is 19.6 Å². The van der Waals surface area contributed by atoms with Crippen LogP contribution in [0.3, 0.4) is 0 Å². The van der Waals surface area contributed by atoms with E-state index in [1.807, 2.05) is 12.3 Å². The summed E-state index contributed by atoms with van der Waals surface area (Å²) in [7, 11) is 0. The van der Waals surface area contributed by atoms with Crippen LogP contribution in [0.15, 0.2) is 41.7 Å². The van der Waals surface area contributed by atoms with Crippen molar-refractivity contribution in [3.05, 3.63) is 42.1 Å². The van der Waals surface area contributed by atoms with E-state index < -0.39 is 0 Å². The van der Waals surface area contributed by atoms with E-state index >= 15 is 0 Å². The molecule has 0 unspecified atom stereocenters. The molecule has 1 spiro atoms. The molecule has 1 aromatic carbocycles. The number of pyridine rings is 1. The molecular formula is C17H18N4O. The van der Waals surface area contributed by atoms with Gasteiger partial charge < -0.3 is 10.2 Å². The van der Waals surface area contributed by atoms with Crippen LogP contribution in [0, 0.1) is 5.92 Å². The van der Waals surface area contributed by atoms with Gasteiger partial charge >= 0.3 is 0 Å². The van der Waals surface area contributed by atoms with E-state index in [1.165, 1.54) is 25.9 Å². The van der Waals surface area contributed by atoms with Crippen molar-refractivity contribution in [2.24, 2.45) is 11.1 Å². The minimum atomic E-state index is -0.315. The smallest absolute Gasteiger partial charge is 0.224 e. The average Bonchev–Trinajstić information content (AvgIpc) is 2.99. The highest BCUT2D eigenvalue weighted by Crippen LogP contribution is 2.39. The van der Waals surface area contributed by atoms with E-state index in [0.717, 1.165) is 28.8 Å². The normalized spacial score (nSPS) is 32.8. The molecule has 5 heterocycles. The van der Waals surface area contributed by atoms with Gasteiger partial charge in [0.25, 0.3) is 0 Å². The van der Waals surface area contributed by atoms with Crippen LogP contribution >= 0.6 is 0 Å². The van der Waals surface area contributed by atoms with Crippen LogP contribution in [0.4, 0.5) is 0 Å². The maximum absolute atomic E-state index is 5.91. The van der Waals surface area contributed by atoms with E-state index in [2.05, 4.69) is 44.6 Å². The number of rotatable bonds is 1. The summed E-state index contributed by atoms with van der Waals surface area (Å²) in [6, 6.07) is 10.3. The molecule has 0 amide bonds. The molecule has 4 aliphatic rings. The summed E-state index contributed by atoms with van der Waals surface area (Å²) in [6.45, 7) is 3.30. The Kier molecular flexibility index (Phi) is 2.50. The fraction of sp³-hybridized carbons (Fsp3) is 0.412. The van der Waals surface area contributed by atoms with Crippen molar-refractivity contribution in [2.45, 2.75) is 18.6 Å². The van der Waals surface area contributed by atoms with Crippen molar-refractivity contribution in [1.29, 1.82) is 0 Å². The largest absolute Gasteiger partial charge is 0.364 e. The van der Waals surface area contributed by atoms with E-state index in [4.69, 9.17) is 4.84 Å². The lowest BCUT2D eigenvalue weighted by atomic mass is 9.81. The predicted molar refractivity (Wildman–Crippen MR) is 84.4 cm³/mol. The van der Waals surface area contributed by atoms with Gasteiger partial charge in [-0.25, -0.2) is 0 Å². The maximum atomic E-state index is 5.91. The Morgan fingerprint density at radius 1 is 1.23 bits per heavy atom. The Bertz CT molecular complexity index is 766. The van der Waals surface area contributed by atoms with E-state index in [1.54, 1.807) is 0 Å². The van der Waals surface area contributed by atoms with Crippen LogP contribution in [-0.2, 0) is 4.84 Å². The molecule has 4 aliphatic heterocycles. The number of hydrogen-bond acceptors (Lipinski definition) is 5. The summed E-state index contributed by atoms with van der Waals surface area (Å²) in [4.78, 5) is 12.8. The van der Waals surface area contributed by atoms with Gasteiger partial charge in [0.15, 0.2) is 5.84 Å². The minimum Gasteiger partial charge on any atom is -0.364 e. The van der Waals surface area contributed by atoms with Gasteiger partial charge in [-0.05, 0) is 38.1 Å². The Labute approximate surface area is 129 Å². The number of nitrogens with zero attached hydrogens (tertiary/aromatic N) is 3. The van der Waals surface area contributed by atoms with Crippen LogP contribution in [-0.4, -0.2) is 41.1 Å². The monoisotopic (exact) mass is 294 g/mol. The van der Waals surface area contributed by atoms with Gasteiger partial charge in [0, 0.05) is 23.1 Å². The fourth-order valence-electron chi connectivity index (χ4n) is 3.98. The van der Waals surface area contributed by atoms with Gasteiger partial charge in [0.2, 0.25) is 5.72 Å². The van der Waals surface area contributed by atoms with Crippen LogP contribution < -0.4 is 5.32 Å². The summed E-state index contributed by atoms with van der Waals surface area (Å²) in [6.07, 6.45) is 4.20. The van der Waals surface area contributed by atoms with Crippen molar-refractivity contribution >= 4 is 16.7 Å². The number of amidine groups is 1. The zero-order valence-electron chi connectivity index (χ0n) is 12.3. The molecule has 1 atom stereocenters. The molecule has 2 bridgehead atoms. The molecule has 1 aromatic heterocycles. The lowest BCUT2D eigenvalue weighted by Crippen LogP contribution is -2.65. The number of fused-ring (bicyclic) bond motifs is 3. The first-order chi connectivity index (χ1) is 10.8.